The molecule has 6 rings (SSSR count). The molecule has 316 valence electrons. The number of hydrogen-bond acceptors (Lipinski definition) is 8. The maximum Gasteiger partial charge on any atom is 0.318 e. The van der Waals surface area contributed by atoms with E-state index < -0.39 is 19.7 Å². The van der Waals surface area contributed by atoms with Gasteiger partial charge in [0, 0.05) is 22.3 Å². The second-order valence-electron chi connectivity index (χ2n) is 16.4. The van der Waals surface area contributed by atoms with E-state index in [1.807, 2.05) is 97.1 Å². The molecule has 58 heavy (non-hydrogen) atoms. The number of fused-ring (bicyclic) bond motifs is 4. The third kappa shape index (κ3) is 14.5. The molecule has 2 heterocycles. The Balaban J connectivity index is 0.000000274. The van der Waals surface area contributed by atoms with Gasteiger partial charge in [0.15, 0.2) is 12.2 Å². The van der Waals surface area contributed by atoms with Crippen LogP contribution in [0.5, 0.6) is 23.0 Å². The highest BCUT2D eigenvalue weighted by atomic mass is 35.5. The van der Waals surface area contributed by atoms with Crippen LogP contribution in [0, 0.1) is 0 Å². The van der Waals surface area contributed by atoms with Crippen LogP contribution in [0.25, 0.3) is 0 Å². The van der Waals surface area contributed by atoms with Gasteiger partial charge in [-0.3, -0.25) is 14.2 Å². The Morgan fingerprint density at radius 2 is 0.845 bits per heavy atom. The molecule has 2 unspecified atom stereocenters. The van der Waals surface area contributed by atoms with E-state index in [9.17, 15) is 9.59 Å². The Morgan fingerprint density at radius 3 is 1.07 bits per heavy atom. The van der Waals surface area contributed by atoms with E-state index in [1.54, 1.807) is 0 Å². The Morgan fingerprint density at radius 1 is 0.603 bits per heavy atom. The zero-order chi connectivity index (χ0) is 42.0. The quantitative estimate of drug-likeness (QED) is 0.121. The number of halogens is 1. The minimum Gasteiger partial charge on any atom is -1.00 e. The van der Waals surface area contributed by atoms with Crippen molar-refractivity contribution in [1.29, 1.82) is 0 Å². The van der Waals surface area contributed by atoms with Gasteiger partial charge < -0.3 is 55.0 Å². The molecule has 2 aliphatic rings. The molecule has 0 aliphatic carbocycles. The Hall–Kier alpha value is -4.26. The summed E-state index contributed by atoms with van der Waals surface area (Å²) in [5.74, 6) is 1.64. The Labute approximate surface area is 349 Å². The maximum atomic E-state index is 13.2. The standard InChI is InChI=1S/2C22H28NO3.ClH.H3O4P/c2*1-5-10-16(15-23(2,3)4)25-22(24)21-17-11-6-8-13-19(17)26-20-14-9-7-12-18(20)21;;1-5(2,3)4/h2*6-9,11-14,16,21H,5,10,15H2,1-4H3;1H;(H3,1,2,3,4)/q2*+1;;/p-2. The topological polar surface area (TPSA) is 152 Å². The van der Waals surface area contributed by atoms with Crippen molar-refractivity contribution in [3.63, 3.8) is 0 Å². The largest absolute Gasteiger partial charge is 1.00 e. The molecule has 0 fully saturated rings. The SMILES string of the molecule is CCCC(C[N+](C)(C)C)OC(=O)C1c2ccccc2Oc2ccccc21.CCCC(C[N+](C)(C)C)OC(=O)C1c2ccccc2Oc2ccccc21.O=P([O-])(O)O.[Cl-]. The van der Waals surface area contributed by atoms with E-state index in [2.05, 4.69) is 56.1 Å². The van der Waals surface area contributed by atoms with Crippen molar-refractivity contribution in [3.05, 3.63) is 119 Å². The molecule has 14 heteroatoms. The summed E-state index contributed by atoms with van der Waals surface area (Å²) in [6.45, 7) is 5.84. The molecule has 0 radical (unpaired) electrons. The number of hydrogen-bond donors (Lipinski definition) is 2. The van der Waals surface area contributed by atoms with Crippen molar-refractivity contribution < 1.29 is 69.2 Å². The predicted octanol–water partition coefficient (Wildman–Crippen LogP) is 4.13. The molecule has 4 aromatic rings. The zero-order valence-corrected chi connectivity index (χ0v) is 36.3. The van der Waals surface area contributed by atoms with Crippen molar-refractivity contribution in [2.24, 2.45) is 0 Å². The summed E-state index contributed by atoms with van der Waals surface area (Å²) in [5, 5.41) is 0. The van der Waals surface area contributed by atoms with E-state index >= 15 is 0 Å². The molecular formula is C44H58ClN2O10P. The van der Waals surface area contributed by atoms with Crippen molar-refractivity contribution in [3.8, 4) is 23.0 Å². The van der Waals surface area contributed by atoms with E-state index in [0.29, 0.717) is 0 Å². The van der Waals surface area contributed by atoms with Crippen molar-refractivity contribution in [1.82, 2.24) is 0 Å². The first-order chi connectivity index (χ1) is 26.8. The van der Waals surface area contributed by atoms with Gasteiger partial charge >= 0.3 is 11.9 Å². The van der Waals surface area contributed by atoms with E-state index in [1.165, 1.54) is 0 Å². The second kappa shape index (κ2) is 21.1. The first-order valence-electron chi connectivity index (χ1n) is 19.3. The predicted molar refractivity (Wildman–Crippen MR) is 217 cm³/mol. The highest BCUT2D eigenvalue weighted by Crippen LogP contribution is 2.46. The van der Waals surface area contributed by atoms with Crippen molar-refractivity contribution in [2.75, 3.05) is 55.4 Å². The molecule has 2 N–H and O–H groups in total. The molecule has 0 bridgehead atoms. The van der Waals surface area contributed by atoms with E-state index in [4.69, 9.17) is 38.2 Å². The Bertz CT molecular complexity index is 1780. The van der Waals surface area contributed by atoms with Gasteiger partial charge in [0.05, 0.1) is 42.3 Å². The summed E-state index contributed by atoms with van der Waals surface area (Å²) in [4.78, 5) is 49.3. The van der Waals surface area contributed by atoms with Gasteiger partial charge in [-0.25, -0.2) is 0 Å². The van der Waals surface area contributed by atoms with Crippen LogP contribution in [0.2, 0.25) is 0 Å². The Kier molecular flexibility index (Phi) is 17.5. The smallest absolute Gasteiger partial charge is 0.318 e. The van der Waals surface area contributed by atoms with Crippen LogP contribution in [-0.2, 0) is 23.6 Å². The number of para-hydroxylation sites is 4. The number of quaternary nitrogens is 2. The molecule has 2 aliphatic heterocycles. The summed E-state index contributed by atoms with van der Waals surface area (Å²) in [7, 11) is 7.83. The summed E-state index contributed by atoms with van der Waals surface area (Å²) >= 11 is 0. The van der Waals surface area contributed by atoms with E-state index in [-0.39, 0.29) is 36.6 Å². The fourth-order valence-corrected chi connectivity index (χ4v) is 7.03. The lowest BCUT2D eigenvalue weighted by atomic mass is 9.88. The fourth-order valence-electron chi connectivity index (χ4n) is 7.03. The number of carbonyl (C=O) groups excluding carboxylic acids is 2. The monoisotopic (exact) mass is 840 g/mol. The molecule has 4 aromatic carbocycles. The number of likely N-dealkylation sites (N-methyl/N-ethyl adjacent to an activating group) is 2. The van der Waals surface area contributed by atoms with Gasteiger partial charge in [-0.15, -0.1) is 0 Å². The molecule has 0 saturated heterocycles. The molecule has 2 atom stereocenters. The summed E-state index contributed by atoms with van der Waals surface area (Å²) in [6.07, 6.45) is 3.53. The molecule has 12 nitrogen and oxygen atoms in total. The fraction of sp³-hybridized carbons (Fsp3) is 0.409. The first kappa shape index (κ1) is 48.1. The number of esters is 2. The summed E-state index contributed by atoms with van der Waals surface area (Å²) < 4.78 is 34.3. The van der Waals surface area contributed by atoms with Crippen LogP contribution >= 0.6 is 7.82 Å². The molecule has 0 spiro atoms. The van der Waals surface area contributed by atoms with Gasteiger partial charge in [0.1, 0.15) is 47.9 Å². The maximum absolute atomic E-state index is 13.2. The molecular weight excluding hydrogens is 783 g/mol. The van der Waals surface area contributed by atoms with Gasteiger partial charge in [-0.2, -0.15) is 0 Å². The molecule has 0 amide bonds. The summed E-state index contributed by atoms with van der Waals surface area (Å²) in [5.41, 5.74) is 3.49. The van der Waals surface area contributed by atoms with Crippen molar-refractivity contribution >= 4 is 19.8 Å². The van der Waals surface area contributed by atoms with Crippen LogP contribution in [0.15, 0.2) is 97.1 Å². The number of phosphoric acid groups is 1. The van der Waals surface area contributed by atoms with Crippen LogP contribution in [0.1, 0.15) is 73.6 Å². The average molecular weight is 841 g/mol. The number of benzene rings is 4. The lowest BCUT2D eigenvalue weighted by Gasteiger charge is -2.31. The minimum absolute atomic E-state index is 0. The lowest BCUT2D eigenvalue weighted by Crippen LogP contribution is -3.00. The van der Waals surface area contributed by atoms with Gasteiger partial charge in [0.25, 0.3) is 7.82 Å². The van der Waals surface area contributed by atoms with Crippen molar-refractivity contribution in [2.45, 2.75) is 63.6 Å². The number of ether oxygens (including phenoxy) is 4. The number of rotatable bonds is 12. The highest BCUT2D eigenvalue weighted by Gasteiger charge is 2.37. The minimum atomic E-state index is -4.89. The third-order valence-corrected chi connectivity index (χ3v) is 9.12. The summed E-state index contributed by atoms with van der Waals surface area (Å²) in [6, 6.07) is 30.9. The highest BCUT2D eigenvalue weighted by molar-refractivity contribution is 7.43. The third-order valence-electron chi connectivity index (χ3n) is 9.12. The number of carbonyl (C=O) groups is 2. The van der Waals surface area contributed by atoms with Gasteiger partial charge in [-0.1, -0.05) is 99.5 Å². The second-order valence-corrected chi connectivity index (χ2v) is 17.3. The normalized spacial score (nSPS) is 14.3. The van der Waals surface area contributed by atoms with Crippen LogP contribution in [0.3, 0.4) is 0 Å². The van der Waals surface area contributed by atoms with E-state index in [0.717, 1.165) is 93.0 Å². The zero-order valence-electron chi connectivity index (χ0n) is 34.7. The van der Waals surface area contributed by atoms with Crippen LogP contribution in [0.4, 0.5) is 0 Å². The molecule has 0 aromatic heterocycles. The molecule has 0 saturated carbocycles. The van der Waals surface area contributed by atoms with Gasteiger partial charge in [-0.05, 0) is 37.1 Å². The van der Waals surface area contributed by atoms with Crippen LogP contribution in [-0.4, -0.2) is 98.3 Å². The number of nitrogens with zero attached hydrogens (tertiary/aromatic N) is 2. The first-order valence-corrected chi connectivity index (χ1v) is 20.8. The van der Waals surface area contributed by atoms with Gasteiger partial charge in [0.2, 0.25) is 0 Å². The van der Waals surface area contributed by atoms with Crippen LogP contribution < -0.4 is 26.8 Å². The lowest BCUT2D eigenvalue weighted by molar-refractivity contribution is -0.873. The average Bonchev–Trinajstić information content (AvgIpc) is 3.11.